The number of Topliss-reactive ketones (excluding diaryl/α,β-unsaturated/α-hetero) is 3. The minimum absolute atomic E-state index is 0.0295. The zero-order valence-corrected chi connectivity index (χ0v) is 73.1. The minimum atomic E-state index is -1.24. The van der Waals surface area contributed by atoms with E-state index in [1.807, 2.05) is 42.5 Å². The lowest BCUT2D eigenvalue weighted by Gasteiger charge is -2.32. The number of ether oxygens (including phenoxy) is 3. The molecular formula is C101H127IN8O9. The van der Waals surface area contributed by atoms with E-state index in [9.17, 15) is 34.3 Å². The Morgan fingerprint density at radius 1 is 0.613 bits per heavy atom. The van der Waals surface area contributed by atoms with Crippen LogP contribution in [0.15, 0.2) is 182 Å². The molecule has 2 fully saturated rings. The SMILES string of the molecule is C1=C(c2ccc(OCc3ccccc3)cc2)CCCCC1.C1=CCCCCC1.Cc1ccc(I)cc1.Cc1nc(-c2ccc(C3CCCCCC3)cc2)nc(C)c1C(=O)C[C@@H](CCN)C(=O)N(C)[C@@H]1C(=O)C[C@@H](C)C(=O)N[C@H](C(=O)CCC#N)Cc2ccc(OCCN)c(c2)-c2cc1ccc2OCCN.Oc1ccc(C2CCCCCC2)cc1. The molecule has 2 amide bonds. The third-order valence-electron chi connectivity index (χ3n) is 23.0. The van der Waals surface area contributed by atoms with Gasteiger partial charge >= 0.3 is 0 Å². The smallest absolute Gasteiger partial charge is 0.226 e. The van der Waals surface area contributed by atoms with Crippen molar-refractivity contribution >= 4 is 57.3 Å². The standard InChI is InChI=1S/C54H68N8O7.C20H22O.C13H18O.C7H7I.C7H12/c1-33-28-47(65)51(40-18-20-49(69-27-25-58)43(31-40)42-29-36(13-19-48(42)68-26-24-57)30-44(61-53(33)66)45(63)12-9-22-55)62(4)54(67)41(21-23-56)32-46(64)50-34(2)59-52(60-35(50)3)39-16-14-38(15-17-39)37-10-7-5-6-8-11-37;1-2-7-11-18(10-6-1)19-12-14-20(15-13-19)21-16-17-8-4-3-5-9-17;14-13-9-7-12(8-10-13)11-5-3-1-2-4-6-11;1-6-2-4-7(8)5-3-6;1-2-4-6-7-5-3-1/h13-20,29,31,33,37,41,44,51H,5-12,21,23-28,30,32,56-58H2,1-4H3,(H,61,66);3-5,8-10,12-15H,1-2,6-7,11,16H2;7-11,14H,1-6H2;2-5H,1H3;1-2H,3-7H2/t33-,41-,44+,51+;;;;/m1..../s1. The van der Waals surface area contributed by atoms with Gasteiger partial charge in [-0.15, -0.1) is 0 Å². The van der Waals surface area contributed by atoms with Gasteiger partial charge in [-0.2, -0.15) is 5.26 Å². The summed E-state index contributed by atoms with van der Waals surface area (Å²) in [5, 5.41) is 21.3. The van der Waals surface area contributed by atoms with Crippen molar-refractivity contribution in [1.82, 2.24) is 20.2 Å². The number of carbonyl (C=O) groups is 5. The number of halogens is 1. The Hall–Kier alpha value is -9.65. The van der Waals surface area contributed by atoms with Crippen LogP contribution in [0.25, 0.3) is 28.1 Å². The summed E-state index contributed by atoms with van der Waals surface area (Å²) in [4.78, 5) is 82.3. The maximum Gasteiger partial charge on any atom is 0.226 e. The van der Waals surface area contributed by atoms with Crippen molar-refractivity contribution in [2.45, 2.75) is 238 Å². The number of amides is 2. The number of carbonyl (C=O) groups excluding carboxylic acids is 5. The van der Waals surface area contributed by atoms with Gasteiger partial charge in [-0.25, -0.2) is 9.97 Å². The van der Waals surface area contributed by atoms with Gasteiger partial charge in [0.05, 0.1) is 29.1 Å². The number of phenols is 1. The van der Waals surface area contributed by atoms with Crippen LogP contribution in [0.4, 0.5) is 0 Å². The van der Waals surface area contributed by atoms with Crippen molar-refractivity contribution in [3.63, 3.8) is 0 Å². The van der Waals surface area contributed by atoms with Gasteiger partial charge in [-0.3, -0.25) is 24.0 Å². The van der Waals surface area contributed by atoms with Gasteiger partial charge in [0, 0.05) is 77.9 Å². The molecule has 4 atom stereocenters. The number of ketones is 3. The van der Waals surface area contributed by atoms with Gasteiger partial charge in [0.1, 0.15) is 48.9 Å². The fraction of sp³-hybridized carbons (Fsp3) is 0.446. The summed E-state index contributed by atoms with van der Waals surface area (Å²) in [6, 6.07) is 53.8. The van der Waals surface area contributed by atoms with Crippen LogP contribution in [0, 0.1) is 47.5 Å². The number of nitrogens with one attached hydrogen (secondary N) is 1. The van der Waals surface area contributed by atoms with E-state index in [0.29, 0.717) is 74.8 Å². The number of hydrogen-bond donors (Lipinski definition) is 5. The first kappa shape index (κ1) is 93.2. The first-order valence-electron chi connectivity index (χ1n) is 43.6. The number of fused-ring (bicyclic) bond motifs is 5. The molecule has 0 saturated heterocycles. The molecule has 0 spiro atoms. The molecular weight excluding hydrogens is 1600 g/mol. The van der Waals surface area contributed by atoms with Gasteiger partial charge in [0.15, 0.2) is 23.2 Å². The Bertz CT molecular complexity index is 4530. The van der Waals surface area contributed by atoms with Crippen LogP contribution < -0.4 is 36.7 Å². The van der Waals surface area contributed by atoms with E-state index in [0.717, 1.165) is 17.2 Å². The molecule has 0 radical (unpaired) electrons. The second-order valence-electron chi connectivity index (χ2n) is 32.3. The lowest BCUT2D eigenvalue weighted by molar-refractivity contribution is -0.142. The summed E-state index contributed by atoms with van der Waals surface area (Å²) >= 11 is 2.30. The summed E-state index contributed by atoms with van der Waals surface area (Å²) in [5.74, 6) is 0.00857. The summed E-state index contributed by atoms with van der Waals surface area (Å²) in [6.45, 7) is 8.72. The third-order valence-corrected chi connectivity index (χ3v) is 23.7. The number of allylic oxidation sites excluding steroid dienone is 4. The average Bonchev–Trinajstić information content (AvgIpc) is 1.26. The number of likely N-dealkylation sites (N-methyl/N-ethyl adjacent to an activating group) is 1. The molecule has 1 aliphatic heterocycles. The number of benzene rings is 7. The molecule has 119 heavy (non-hydrogen) atoms. The molecule has 2 saturated carbocycles. The highest BCUT2D eigenvalue weighted by Gasteiger charge is 2.37. The number of nitrogens with two attached hydrogens (primary N) is 3. The second-order valence-corrected chi connectivity index (χ2v) is 33.5. The Labute approximate surface area is 721 Å². The molecule has 0 unspecified atom stereocenters. The Morgan fingerprint density at radius 2 is 1.16 bits per heavy atom. The van der Waals surface area contributed by atoms with Crippen LogP contribution in [-0.2, 0) is 32.2 Å². The molecule has 18 heteroatoms. The van der Waals surface area contributed by atoms with Gasteiger partial charge in [0.2, 0.25) is 11.8 Å². The van der Waals surface area contributed by atoms with Gasteiger partial charge < -0.3 is 46.7 Å². The van der Waals surface area contributed by atoms with Crippen molar-refractivity contribution in [3.05, 3.63) is 241 Å². The summed E-state index contributed by atoms with van der Waals surface area (Å²) in [5.41, 5.74) is 30.3. The quantitative estimate of drug-likeness (QED) is 0.0172. The molecule has 8 aromatic rings. The fourth-order valence-electron chi connectivity index (χ4n) is 16.3. The molecule has 13 rings (SSSR count). The average molecular weight is 1720 g/mol. The zero-order valence-electron chi connectivity index (χ0n) is 70.9. The molecule has 5 aliphatic rings. The van der Waals surface area contributed by atoms with Crippen molar-refractivity contribution in [3.8, 4) is 51.6 Å². The predicted octanol–water partition coefficient (Wildman–Crippen LogP) is 21.3. The Kier molecular flexibility index (Phi) is 39.5. The number of rotatable bonds is 23. The third kappa shape index (κ3) is 29.9. The monoisotopic (exact) mass is 1720 g/mol. The number of phenolic OH excluding ortho intramolecular Hbond substituents is 1. The fourth-order valence-corrected chi connectivity index (χ4v) is 16.7. The topological polar surface area (TPSA) is 276 Å². The van der Waals surface area contributed by atoms with Crippen LogP contribution >= 0.6 is 22.6 Å². The number of aromatic nitrogens is 2. The molecule has 4 bridgehead atoms. The molecule has 4 aliphatic carbocycles. The highest BCUT2D eigenvalue weighted by molar-refractivity contribution is 14.1. The minimum Gasteiger partial charge on any atom is -0.508 e. The van der Waals surface area contributed by atoms with Gasteiger partial charge in [-0.05, 0) is 251 Å². The van der Waals surface area contributed by atoms with E-state index < -0.39 is 41.5 Å². The number of hydrogen-bond acceptors (Lipinski definition) is 15. The number of aromatic hydroxyl groups is 1. The van der Waals surface area contributed by atoms with Crippen LogP contribution in [-0.4, -0.2) is 95.1 Å². The molecule has 8 N–H and O–H groups in total. The van der Waals surface area contributed by atoms with E-state index >= 15 is 0 Å². The molecule has 632 valence electrons. The van der Waals surface area contributed by atoms with Crippen LogP contribution in [0.5, 0.6) is 23.0 Å². The lowest BCUT2D eigenvalue weighted by Crippen LogP contribution is -2.46. The summed E-state index contributed by atoms with van der Waals surface area (Å²) in [7, 11) is 1.51. The Morgan fingerprint density at radius 3 is 1.74 bits per heavy atom. The predicted molar refractivity (Wildman–Crippen MR) is 487 cm³/mol. The van der Waals surface area contributed by atoms with E-state index in [-0.39, 0.29) is 82.9 Å². The number of aryl methyl sites for hydroxylation is 3. The van der Waals surface area contributed by atoms with E-state index in [1.165, 1.54) is 190 Å². The molecule has 7 aromatic carbocycles. The summed E-state index contributed by atoms with van der Waals surface area (Å²) in [6.07, 6.45) is 35.6. The second kappa shape index (κ2) is 50.4. The largest absolute Gasteiger partial charge is 0.508 e. The van der Waals surface area contributed by atoms with Crippen LogP contribution in [0.3, 0.4) is 0 Å². The van der Waals surface area contributed by atoms with E-state index in [4.69, 9.17) is 41.4 Å². The maximum absolute atomic E-state index is 14.9. The molecule has 17 nitrogen and oxygen atoms in total. The van der Waals surface area contributed by atoms with Gasteiger partial charge in [-0.1, -0.05) is 198 Å². The van der Waals surface area contributed by atoms with E-state index in [1.54, 1.807) is 63.2 Å². The van der Waals surface area contributed by atoms with Crippen molar-refractivity contribution in [2.75, 3.05) is 39.9 Å². The maximum atomic E-state index is 14.9. The summed E-state index contributed by atoms with van der Waals surface area (Å²) < 4.78 is 19.4. The molecule has 1 aromatic heterocycles. The zero-order chi connectivity index (χ0) is 84.7. The number of nitrogens with zero attached hydrogens (tertiary/aromatic N) is 4. The lowest BCUT2D eigenvalue weighted by atomic mass is 9.88. The van der Waals surface area contributed by atoms with Crippen molar-refractivity contribution in [1.29, 1.82) is 5.26 Å². The first-order valence-corrected chi connectivity index (χ1v) is 44.7. The highest BCUT2D eigenvalue weighted by atomic mass is 127. The van der Waals surface area contributed by atoms with Crippen LogP contribution in [0.2, 0.25) is 0 Å². The normalized spacial score (nSPS) is 17.4. The van der Waals surface area contributed by atoms with E-state index in [2.05, 4.69) is 138 Å². The number of nitriles is 1. The molecule has 2 heterocycles. The van der Waals surface area contributed by atoms with Crippen molar-refractivity contribution < 1.29 is 43.3 Å². The van der Waals surface area contributed by atoms with Crippen LogP contribution in [0.1, 0.15) is 259 Å². The van der Waals surface area contributed by atoms with Crippen molar-refractivity contribution in [2.24, 2.45) is 29.0 Å². The Balaban J connectivity index is 0.000000253. The van der Waals surface area contributed by atoms with Gasteiger partial charge in [0.25, 0.3) is 0 Å². The first-order chi connectivity index (χ1) is 57.8. The highest BCUT2D eigenvalue weighted by Crippen LogP contribution is 2.42.